The molecule has 0 spiro atoms. The highest BCUT2D eigenvalue weighted by atomic mass is 32.1. The molecule has 6 heteroatoms. The van der Waals surface area contributed by atoms with Gasteiger partial charge in [0.2, 0.25) is 5.91 Å². The van der Waals surface area contributed by atoms with Gasteiger partial charge in [0.25, 0.3) is 0 Å². The standard InChI is InChI=1S/C13H17N3O2S/c1-2-18-8-4-7-12(17)14-9-10-5-3-6-11-13(10)16-19-15-11/h3,5-6H,2,4,7-9H2,1H3,(H,14,17). The number of hydrogen-bond acceptors (Lipinski definition) is 5. The van der Waals surface area contributed by atoms with Gasteiger partial charge in [0.05, 0.1) is 11.7 Å². The first-order valence-electron chi connectivity index (χ1n) is 6.36. The molecule has 5 nitrogen and oxygen atoms in total. The normalized spacial score (nSPS) is 10.8. The van der Waals surface area contributed by atoms with Gasteiger partial charge in [-0.1, -0.05) is 12.1 Å². The van der Waals surface area contributed by atoms with Crippen molar-refractivity contribution in [2.24, 2.45) is 0 Å². The lowest BCUT2D eigenvalue weighted by atomic mass is 10.2. The zero-order chi connectivity index (χ0) is 13.5. The second-order valence-corrected chi connectivity index (χ2v) is 4.65. The molecule has 102 valence electrons. The van der Waals surface area contributed by atoms with E-state index < -0.39 is 0 Å². The smallest absolute Gasteiger partial charge is 0.220 e. The lowest BCUT2D eigenvalue weighted by Crippen LogP contribution is -2.22. The number of amides is 1. The molecule has 1 heterocycles. The molecule has 0 bridgehead atoms. The van der Waals surface area contributed by atoms with E-state index in [2.05, 4.69) is 14.1 Å². The molecule has 0 atom stereocenters. The Morgan fingerprint density at radius 3 is 3.16 bits per heavy atom. The molecule has 0 radical (unpaired) electrons. The summed E-state index contributed by atoms with van der Waals surface area (Å²) in [5.41, 5.74) is 2.76. The summed E-state index contributed by atoms with van der Waals surface area (Å²) < 4.78 is 13.6. The minimum Gasteiger partial charge on any atom is -0.382 e. The second kappa shape index (κ2) is 7.16. The zero-order valence-corrected chi connectivity index (χ0v) is 11.7. The molecule has 2 rings (SSSR count). The molecule has 0 saturated heterocycles. The maximum atomic E-state index is 11.7. The van der Waals surface area contributed by atoms with E-state index in [1.165, 1.54) is 11.7 Å². The van der Waals surface area contributed by atoms with Gasteiger partial charge in [0, 0.05) is 31.7 Å². The minimum absolute atomic E-state index is 0.0416. The largest absolute Gasteiger partial charge is 0.382 e. The van der Waals surface area contributed by atoms with E-state index in [1.807, 2.05) is 25.1 Å². The van der Waals surface area contributed by atoms with Crippen molar-refractivity contribution in [1.82, 2.24) is 14.1 Å². The van der Waals surface area contributed by atoms with Crippen LogP contribution in [0.1, 0.15) is 25.3 Å². The van der Waals surface area contributed by atoms with Crippen LogP contribution in [0.25, 0.3) is 11.0 Å². The van der Waals surface area contributed by atoms with Crippen LogP contribution in [0.5, 0.6) is 0 Å². The first-order chi connectivity index (χ1) is 9.31. The summed E-state index contributed by atoms with van der Waals surface area (Å²) in [4.78, 5) is 11.7. The lowest BCUT2D eigenvalue weighted by molar-refractivity contribution is -0.121. The fourth-order valence-corrected chi connectivity index (χ4v) is 2.33. The van der Waals surface area contributed by atoms with E-state index in [4.69, 9.17) is 4.74 Å². The molecule has 0 saturated carbocycles. The van der Waals surface area contributed by atoms with Gasteiger partial charge in [-0.05, 0) is 19.4 Å². The Hall–Kier alpha value is -1.53. The fraction of sp³-hybridized carbons (Fsp3) is 0.462. The molecule has 19 heavy (non-hydrogen) atoms. The Bertz CT molecular complexity index is 541. The van der Waals surface area contributed by atoms with Crippen molar-refractivity contribution in [3.05, 3.63) is 23.8 Å². The van der Waals surface area contributed by atoms with Crippen molar-refractivity contribution >= 4 is 28.7 Å². The average molecular weight is 279 g/mol. The second-order valence-electron chi connectivity index (χ2n) is 4.13. The highest BCUT2D eigenvalue weighted by Gasteiger charge is 2.06. The summed E-state index contributed by atoms with van der Waals surface area (Å²) in [6.45, 7) is 3.77. The zero-order valence-electron chi connectivity index (χ0n) is 10.9. The van der Waals surface area contributed by atoms with Crippen molar-refractivity contribution in [3.8, 4) is 0 Å². The lowest BCUT2D eigenvalue weighted by Gasteiger charge is -2.05. The predicted molar refractivity (Wildman–Crippen MR) is 75.0 cm³/mol. The summed E-state index contributed by atoms with van der Waals surface area (Å²) in [6.07, 6.45) is 1.24. The molecule has 0 aliphatic carbocycles. The first kappa shape index (κ1) is 13.9. The number of nitrogens with zero attached hydrogens (tertiary/aromatic N) is 2. The third-order valence-corrected chi connectivity index (χ3v) is 3.28. The third-order valence-electron chi connectivity index (χ3n) is 2.74. The Labute approximate surface area is 116 Å². The molecule has 0 aliphatic heterocycles. The molecule has 1 aromatic carbocycles. The maximum Gasteiger partial charge on any atom is 0.220 e. The molecule has 1 amide bonds. The molecular formula is C13H17N3O2S. The van der Waals surface area contributed by atoms with Gasteiger partial charge in [-0.25, -0.2) is 0 Å². The number of hydrogen-bond donors (Lipinski definition) is 1. The van der Waals surface area contributed by atoms with Crippen molar-refractivity contribution in [1.29, 1.82) is 0 Å². The van der Waals surface area contributed by atoms with E-state index in [1.54, 1.807) is 0 Å². The Morgan fingerprint density at radius 1 is 1.42 bits per heavy atom. The van der Waals surface area contributed by atoms with E-state index in [0.717, 1.165) is 23.0 Å². The Balaban J connectivity index is 1.82. The summed E-state index contributed by atoms with van der Waals surface area (Å²) in [5.74, 6) is 0.0416. The molecule has 0 fully saturated rings. The summed E-state index contributed by atoms with van der Waals surface area (Å²) >= 11 is 1.19. The minimum atomic E-state index is 0.0416. The number of nitrogens with one attached hydrogen (secondary N) is 1. The van der Waals surface area contributed by atoms with Crippen LogP contribution < -0.4 is 5.32 Å². The monoisotopic (exact) mass is 279 g/mol. The molecule has 1 N–H and O–H groups in total. The van der Waals surface area contributed by atoms with Gasteiger partial charge in [-0.3, -0.25) is 4.79 Å². The number of ether oxygens (including phenoxy) is 1. The van der Waals surface area contributed by atoms with E-state index >= 15 is 0 Å². The number of rotatable bonds is 7. The average Bonchev–Trinajstić information content (AvgIpc) is 2.90. The molecule has 0 aliphatic rings. The van der Waals surface area contributed by atoms with E-state index in [0.29, 0.717) is 26.2 Å². The van der Waals surface area contributed by atoms with Gasteiger partial charge in [0.15, 0.2) is 0 Å². The highest BCUT2D eigenvalue weighted by Crippen LogP contribution is 2.16. The van der Waals surface area contributed by atoms with Gasteiger partial charge in [0.1, 0.15) is 11.0 Å². The summed E-state index contributed by atoms with van der Waals surface area (Å²) in [6, 6.07) is 5.82. The number of fused-ring (bicyclic) bond motifs is 1. The molecule has 2 aromatic rings. The van der Waals surface area contributed by atoms with Crippen LogP contribution in [0.3, 0.4) is 0 Å². The van der Waals surface area contributed by atoms with Crippen LogP contribution in [0.15, 0.2) is 18.2 Å². The van der Waals surface area contributed by atoms with E-state index in [-0.39, 0.29) is 5.91 Å². The van der Waals surface area contributed by atoms with Crippen LogP contribution in [-0.2, 0) is 16.1 Å². The number of aromatic nitrogens is 2. The van der Waals surface area contributed by atoms with Crippen LogP contribution in [0, 0.1) is 0 Å². The first-order valence-corrected chi connectivity index (χ1v) is 7.09. The molecule has 1 aromatic heterocycles. The van der Waals surface area contributed by atoms with Crippen LogP contribution in [-0.4, -0.2) is 27.9 Å². The van der Waals surface area contributed by atoms with Crippen molar-refractivity contribution in [3.63, 3.8) is 0 Å². The summed E-state index contributed by atoms with van der Waals surface area (Å²) in [5, 5.41) is 2.90. The Morgan fingerprint density at radius 2 is 2.32 bits per heavy atom. The maximum absolute atomic E-state index is 11.7. The number of benzene rings is 1. The van der Waals surface area contributed by atoms with Gasteiger partial charge in [-0.15, -0.1) is 0 Å². The number of carbonyl (C=O) groups is 1. The number of carbonyl (C=O) groups excluding carboxylic acids is 1. The third kappa shape index (κ3) is 3.97. The van der Waals surface area contributed by atoms with Crippen LogP contribution >= 0.6 is 11.7 Å². The highest BCUT2D eigenvalue weighted by molar-refractivity contribution is 7.00. The van der Waals surface area contributed by atoms with Gasteiger partial charge in [-0.2, -0.15) is 8.75 Å². The SMILES string of the molecule is CCOCCCC(=O)NCc1cccc2nsnc12. The summed E-state index contributed by atoms with van der Waals surface area (Å²) in [7, 11) is 0. The van der Waals surface area contributed by atoms with Gasteiger partial charge >= 0.3 is 0 Å². The van der Waals surface area contributed by atoms with Crippen molar-refractivity contribution in [2.45, 2.75) is 26.3 Å². The van der Waals surface area contributed by atoms with Crippen LogP contribution in [0.4, 0.5) is 0 Å². The van der Waals surface area contributed by atoms with Crippen molar-refractivity contribution in [2.75, 3.05) is 13.2 Å². The Kier molecular flexibility index (Phi) is 5.23. The fourth-order valence-electron chi connectivity index (χ4n) is 1.77. The predicted octanol–water partition coefficient (Wildman–Crippen LogP) is 2.12. The quantitative estimate of drug-likeness (QED) is 0.789. The molecule has 0 unspecified atom stereocenters. The van der Waals surface area contributed by atoms with E-state index in [9.17, 15) is 4.79 Å². The topological polar surface area (TPSA) is 64.1 Å². The van der Waals surface area contributed by atoms with Crippen LogP contribution in [0.2, 0.25) is 0 Å². The van der Waals surface area contributed by atoms with Gasteiger partial charge < -0.3 is 10.1 Å². The molecular weight excluding hydrogens is 262 g/mol. The van der Waals surface area contributed by atoms with Crippen molar-refractivity contribution < 1.29 is 9.53 Å².